The summed E-state index contributed by atoms with van der Waals surface area (Å²) in [6.45, 7) is 3.22. The maximum Gasteiger partial charge on any atom is 0.264 e. The molecule has 0 unspecified atom stereocenters. The van der Waals surface area contributed by atoms with E-state index in [0.717, 1.165) is 26.6 Å². The van der Waals surface area contributed by atoms with E-state index in [1.807, 2.05) is 42.5 Å². The largest absolute Gasteiger partial charge is 0.302 e. The van der Waals surface area contributed by atoms with Crippen LogP contribution in [-0.4, -0.2) is 29.3 Å². The number of anilines is 2. The molecule has 0 radical (unpaired) electrons. The normalized spacial score (nSPS) is 11.6. The first-order valence-electron chi connectivity index (χ1n) is 10.3. The van der Waals surface area contributed by atoms with E-state index in [4.69, 9.17) is 0 Å². The number of nitrogens with one attached hydrogen (secondary N) is 2. The first-order chi connectivity index (χ1) is 16.3. The maximum atomic E-state index is 13.1. The number of sulfonamides is 1. The number of nitrogens with zero attached hydrogens (tertiary/aromatic N) is 3. The van der Waals surface area contributed by atoms with Crippen LogP contribution in [0.2, 0.25) is 0 Å². The molecule has 2 aromatic heterocycles. The number of hydrogen-bond acceptors (Lipinski definition) is 7. The fourth-order valence-corrected chi connectivity index (χ4v) is 5.89. The predicted octanol–water partition coefficient (Wildman–Crippen LogP) is 4.97. The van der Waals surface area contributed by atoms with Crippen molar-refractivity contribution in [3.8, 4) is 11.3 Å². The summed E-state index contributed by atoms with van der Waals surface area (Å²) in [4.78, 5) is 24.4. The molecule has 8 nitrogen and oxygen atoms in total. The molecule has 0 atom stereocenters. The summed E-state index contributed by atoms with van der Waals surface area (Å²) in [5.41, 5.74) is 2.74. The van der Waals surface area contributed by atoms with E-state index >= 15 is 0 Å². The van der Waals surface area contributed by atoms with E-state index in [2.05, 4.69) is 25.0 Å². The van der Waals surface area contributed by atoms with E-state index in [1.165, 1.54) is 24.5 Å². The van der Waals surface area contributed by atoms with Gasteiger partial charge >= 0.3 is 0 Å². The molecule has 2 N–H and O–H groups in total. The molecule has 0 aliphatic carbocycles. The van der Waals surface area contributed by atoms with Crippen LogP contribution in [0.5, 0.6) is 0 Å². The lowest BCUT2D eigenvalue weighted by atomic mass is 10.1. The maximum absolute atomic E-state index is 13.1. The molecule has 10 heteroatoms. The van der Waals surface area contributed by atoms with Gasteiger partial charge in [-0.1, -0.05) is 47.7 Å². The van der Waals surface area contributed by atoms with Crippen molar-refractivity contribution >= 4 is 59.3 Å². The molecule has 0 aliphatic heterocycles. The van der Waals surface area contributed by atoms with Gasteiger partial charge in [0.15, 0.2) is 5.13 Å². The highest BCUT2D eigenvalue weighted by atomic mass is 32.2. The minimum Gasteiger partial charge on any atom is -0.302 e. The lowest BCUT2D eigenvalue weighted by Gasteiger charge is -2.12. The average Bonchev–Trinajstić information content (AvgIpc) is 3.20. The molecule has 5 aromatic rings. The second kappa shape index (κ2) is 8.47. The second-order valence-corrected chi connectivity index (χ2v) is 10.3. The fraction of sp³-hybridized carbons (Fsp3) is 0.0833. The molecule has 2 heterocycles. The summed E-state index contributed by atoms with van der Waals surface area (Å²) in [5, 5.41) is 5.04. The molecule has 0 saturated heterocycles. The van der Waals surface area contributed by atoms with Crippen molar-refractivity contribution in [3.05, 3.63) is 72.4 Å². The van der Waals surface area contributed by atoms with Crippen LogP contribution in [0.15, 0.2) is 71.8 Å². The Labute approximate surface area is 199 Å². The van der Waals surface area contributed by atoms with Crippen molar-refractivity contribution in [2.75, 3.05) is 10.0 Å². The van der Waals surface area contributed by atoms with Gasteiger partial charge in [-0.25, -0.2) is 28.1 Å². The summed E-state index contributed by atoms with van der Waals surface area (Å²) in [7, 11) is -3.90. The van der Waals surface area contributed by atoms with Gasteiger partial charge in [-0.3, -0.25) is 4.79 Å². The van der Waals surface area contributed by atoms with Crippen LogP contribution in [-0.2, 0) is 14.8 Å². The van der Waals surface area contributed by atoms with Gasteiger partial charge in [0.2, 0.25) is 11.9 Å². The predicted molar refractivity (Wildman–Crippen MR) is 134 cm³/mol. The summed E-state index contributed by atoms with van der Waals surface area (Å²) in [6, 6.07) is 18.3. The van der Waals surface area contributed by atoms with Crippen molar-refractivity contribution < 1.29 is 13.2 Å². The zero-order valence-corrected chi connectivity index (χ0v) is 19.9. The third-order valence-corrected chi connectivity index (χ3v) is 7.69. The monoisotopic (exact) mass is 489 g/mol. The summed E-state index contributed by atoms with van der Waals surface area (Å²) in [6.07, 6.45) is 1.51. The number of aryl methyl sites for hydroxylation is 1. The Bertz CT molecular complexity index is 1680. The van der Waals surface area contributed by atoms with Crippen LogP contribution in [0.4, 0.5) is 11.1 Å². The SMILES string of the molecule is CC(=O)Nc1nc2ccc(-c3ccnc(NS(=O)(=O)c4ccc5ccccc5c4C)n3)cc2s1. The van der Waals surface area contributed by atoms with E-state index in [-0.39, 0.29) is 16.8 Å². The molecule has 170 valence electrons. The molecule has 34 heavy (non-hydrogen) atoms. The van der Waals surface area contributed by atoms with Crippen LogP contribution in [0, 0.1) is 6.92 Å². The molecule has 3 aromatic carbocycles. The summed E-state index contributed by atoms with van der Waals surface area (Å²) in [5.74, 6) is -0.206. The molecule has 0 bridgehead atoms. The van der Waals surface area contributed by atoms with E-state index < -0.39 is 10.0 Å². The Morgan fingerprint density at radius 1 is 1.00 bits per heavy atom. The van der Waals surface area contributed by atoms with Gasteiger partial charge in [0.05, 0.1) is 20.8 Å². The topological polar surface area (TPSA) is 114 Å². The highest BCUT2D eigenvalue weighted by Crippen LogP contribution is 2.31. The number of carbonyl (C=O) groups is 1. The Balaban J connectivity index is 1.46. The Kier molecular flexibility index (Phi) is 5.46. The molecule has 5 rings (SSSR count). The van der Waals surface area contributed by atoms with E-state index in [1.54, 1.807) is 25.1 Å². The molecule has 1 amide bonds. The van der Waals surface area contributed by atoms with Crippen molar-refractivity contribution in [1.82, 2.24) is 15.0 Å². The quantitative estimate of drug-likeness (QED) is 0.360. The van der Waals surface area contributed by atoms with Crippen LogP contribution >= 0.6 is 11.3 Å². The fourth-order valence-electron chi connectivity index (χ4n) is 3.73. The molecule has 0 fully saturated rings. The number of aromatic nitrogens is 3. The molecule has 0 spiro atoms. The van der Waals surface area contributed by atoms with Crippen LogP contribution < -0.4 is 10.0 Å². The van der Waals surface area contributed by atoms with Gasteiger partial charge in [0.25, 0.3) is 10.0 Å². The van der Waals surface area contributed by atoms with Gasteiger partial charge in [0, 0.05) is 18.7 Å². The van der Waals surface area contributed by atoms with Crippen molar-refractivity contribution in [2.45, 2.75) is 18.7 Å². The first kappa shape index (κ1) is 21.9. The zero-order chi connectivity index (χ0) is 23.9. The number of thiazole rings is 1. The lowest BCUT2D eigenvalue weighted by molar-refractivity contribution is -0.114. The van der Waals surface area contributed by atoms with E-state index in [0.29, 0.717) is 16.4 Å². The Morgan fingerprint density at radius 2 is 1.82 bits per heavy atom. The van der Waals surface area contributed by atoms with Crippen LogP contribution in [0.25, 0.3) is 32.2 Å². The van der Waals surface area contributed by atoms with Gasteiger partial charge in [0.1, 0.15) is 0 Å². The molecular weight excluding hydrogens is 470 g/mol. The van der Waals surface area contributed by atoms with E-state index in [9.17, 15) is 13.2 Å². The third-order valence-electron chi connectivity index (χ3n) is 5.29. The van der Waals surface area contributed by atoms with Gasteiger partial charge < -0.3 is 5.32 Å². The lowest BCUT2D eigenvalue weighted by Crippen LogP contribution is -2.16. The summed E-state index contributed by atoms with van der Waals surface area (Å²) >= 11 is 1.35. The summed E-state index contributed by atoms with van der Waals surface area (Å²) < 4.78 is 29.7. The van der Waals surface area contributed by atoms with Crippen molar-refractivity contribution in [3.63, 3.8) is 0 Å². The van der Waals surface area contributed by atoms with Crippen molar-refractivity contribution in [2.24, 2.45) is 0 Å². The molecular formula is C24H19N5O3S2. The number of carbonyl (C=O) groups excluding carboxylic acids is 1. The minimum atomic E-state index is -3.90. The van der Waals surface area contributed by atoms with Crippen LogP contribution in [0.1, 0.15) is 12.5 Å². The first-order valence-corrected chi connectivity index (χ1v) is 12.6. The second-order valence-electron chi connectivity index (χ2n) is 7.66. The van der Waals surface area contributed by atoms with Crippen LogP contribution in [0.3, 0.4) is 0 Å². The standard InChI is InChI=1S/C24H19N5O3S2/c1-14-18-6-4-3-5-16(18)8-10-22(14)34(31,32)29-23-25-12-11-19(27-23)17-7-9-20-21(13-17)33-24(28-20)26-15(2)30/h3-13H,1-2H3,(H,25,27,29)(H,26,28,30). The number of amides is 1. The minimum absolute atomic E-state index is 0.0200. The number of fused-ring (bicyclic) bond motifs is 2. The smallest absolute Gasteiger partial charge is 0.264 e. The van der Waals surface area contributed by atoms with Crippen molar-refractivity contribution in [1.29, 1.82) is 0 Å². The average molecular weight is 490 g/mol. The third kappa shape index (κ3) is 4.20. The zero-order valence-electron chi connectivity index (χ0n) is 18.2. The highest BCUT2D eigenvalue weighted by Gasteiger charge is 2.20. The number of rotatable bonds is 5. The van der Waals surface area contributed by atoms with Gasteiger partial charge in [-0.05, 0) is 47.5 Å². The van der Waals surface area contributed by atoms with Gasteiger partial charge in [-0.15, -0.1) is 0 Å². The highest BCUT2D eigenvalue weighted by molar-refractivity contribution is 7.92. The number of benzene rings is 3. The number of hydrogen-bond donors (Lipinski definition) is 2. The Morgan fingerprint density at radius 3 is 2.65 bits per heavy atom. The molecule has 0 saturated carbocycles. The Hall–Kier alpha value is -3.89. The molecule has 0 aliphatic rings. The van der Waals surface area contributed by atoms with Gasteiger partial charge in [-0.2, -0.15) is 0 Å².